The Morgan fingerprint density at radius 3 is 2.71 bits per heavy atom. The number of aryl methyl sites for hydroxylation is 1. The highest BCUT2D eigenvalue weighted by atomic mass is 32.2. The SMILES string of the molecule is C=CCn1c(SCC(=O)Nc2sc(CC)cc2C(=O)OC)nnc1C(C)Oc1ccc(F)cc1. The van der Waals surface area contributed by atoms with E-state index in [0.717, 1.165) is 11.3 Å². The standard InChI is InChI=1S/C23H25FN4O4S2/c1-5-11-28-20(14(3)32-16-9-7-15(24)8-10-16)26-27-23(28)33-13-19(29)25-21-18(22(30)31-4)12-17(6-2)34-21/h5,7-10,12,14H,1,6,11,13H2,2-4H3,(H,25,29). The number of aromatic nitrogens is 3. The molecule has 8 nitrogen and oxygen atoms in total. The molecular weight excluding hydrogens is 479 g/mol. The smallest absolute Gasteiger partial charge is 0.340 e. The maximum absolute atomic E-state index is 13.2. The van der Waals surface area contributed by atoms with Crippen LogP contribution in [0.1, 0.15) is 41.0 Å². The third kappa shape index (κ3) is 6.23. The number of methoxy groups -OCH3 is 1. The quantitative estimate of drug-likeness (QED) is 0.226. The number of amides is 1. The van der Waals surface area contributed by atoms with E-state index in [1.165, 1.54) is 54.5 Å². The van der Waals surface area contributed by atoms with Crippen LogP contribution in [-0.2, 0) is 22.5 Å². The van der Waals surface area contributed by atoms with Gasteiger partial charge in [-0.3, -0.25) is 9.36 Å². The van der Waals surface area contributed by atoms with Gasteiger partial charge >= 0.3 is 5.97 Å². The molecule has 0 radical (unpaired) electrons. The van der Waals surface area contributed by atoms with Crippen molar-refractivity contribution in [1.29, 1.82) is 0 Å². The number of esters is 1. The molecule has 3 aromatic rings. The number of ether oxygens (including phenoxy) is 2. The van der Waals surface area contributed by atoms with Crippen molar-refractivity contribution in [2.24, 2.45) is 0 Å². The molecule has 0 aliphatic heterocycles. The third-order valence-corrected chi connectivity index (χ3v) is 6.83. The van der Waals surface area contributed by atoms with Crippen LogP contribution >= 0.6 is 23.1 Å². The fraction of sp³-hybridized carbons (Fsp3) is 0.304. The first kappa shape index (κ1) is 25.4. The molecule has 0 spiro atoms. The van der Waals surface area contributed by atoms with Crippen molar-refractivity contribution in [2.45, 2.75) is 38.1 Å². The van der Waals surface area contributed by atoms with Crippen LogP contribution in [-0.4, -0.2) is 39.5 Å². The lowest BCUT2D eigenvalue weighted by atomic mass is 10.2. The number of nitrogens with zero attached hydrogens (tertiary/aromatic N) is 3. The van der Waals surface area contributed by atoms with E-state index >= 15 is 0 Å². The molecule has 1 unspecified atom stereocenters. The zero-order valence-corrected chi connectivity index (χ0v) is 20.7. The first-order valence-corrected chi connectivity index (χ1v) is 12.3. The molecule has 180 valence electrons. The monoisotopic (exact) mass is 504 g/mol. The van der Waals surface area contributed by atoms with Gasteiger partial charge in [-0.05, 0) is 43.7 Å². The van der Waals surface area contributed by atoms with E-state index in [4.69, 9.17) is 9.47 Å². The van der Waals surface area contributed by atoms with Crippen LogP contribution in [0.2, 0.25) is 0 Å². The van der Waals surface area contributed by atoms with Gasteiger partial charge < -0.3 is 14.8 Å². The lowest BCUT2D eigenvalue weighted by molar-refractivity contribution is -0.113. The lowest BCUT2D eigenvalue weighted by Gasteiger charge is -2.15. The summed E-state index contributed by atoms with van der Waals surface area (Å²) in [6, 6.07) is 7.45. The third-order valence-electron chi connectivity index (χ3n) is 4.67. The first-order valence-electron chi connectivity index (χ1n) is 10.5. The molecule has 1 N–H and O–H groups in total. The molecular formula is C23H25FN4O4S2. The molecule has 2 heterocycles. The highest BCUT2D eigenvalue weighted by molar-refractivity contribution is 7.99. The van der Waals surface area contributed by atoms with E-state index in [1.807, 2.05) is 13.8 Å². The maximum atomic E-state index is 13.2. The number of anilines is 1. The number of carbonyl (C=O) groups excluding carboxylic acids is 2. The van der Waals surface area contributed by atoms with E-state index in [-0.39, 0.29) is 17.5 Å². The van der Waals surface area contributed by atoms with E-state index in [2.05, 4.69) is 22.1 Å². The minimum Gasteiger partial charge on any atom is -0.483 e. The number of allylic oxidation sites excluding steroid dienone is 1. The Kier molecular flexibility index (Phi) is 8.83. The van der Waals surface area contributed by atoms with Crippen LogP contribution in [0.25, 0.3) is 0 Å². The Bertz CT molecular complexity index is 1160. The summed E-state index contributed by atoms with van der Waals surface area (Å²) in [6.45, 7) is 7.98. The van der Waals surface area contributed by atoms with Gasteiger partial charge in [0.05, 0.1) is 18.4 Å². The molecule has 0 saturated heterocycles. The zero-order valence-electron chi connectivity index (χ0n) is 19.0. The van der Waals surface area contributed by atoms with E-state index in [1.54, 1.807) is 16.7 Å². The van der Waals surface area contributed by atoms with Gasteiger partial charge in [0.1, 0.15) is 16.6 Å². The Labute approximate surface area is 205 Å². The number of hydrogen-bond acceptors (Lipinski definition) is 8. The maximum Gasteiger partial charge on any atom is 0.340 e. The van der Waals surface area contributed by atoms with Crippen molar-refractivity contribution < 1.29 is 23.5 Å². The Morgan fingerprint density at radius 1 is 1.32 bits per heavy atom. The Morgan fingerprint density at radius 2 is 2.06 bits per heavy atom. The average molecular weight is 505 g/mol. The molecule has 11 heteroatoms. The number of hydrogen-bond donors (Lipinski definition) is 1. The van der Waals surface area contributed by atoms with E-state index in [9.17, 15) is 14.0 Å². The van der Waals surface area contributed by atoms with Crippen LogP contribution in [0, 0.1) is 5.82 Å². The molecule has 2 aromatic heterocycles. The molecule has 34 heavy (non-hydrogen) atoms. The highest BCUT2D eigenvalue weighted by Crippen LogP contribution is 2.30. The molecule has 0 bridgehead atoms. The molecule has 0 fully saturated rings. The first-order chi connectivity index (χ1) is 16.4. The van der Waals surface area contributed by atoms with E-state index in [0.29, 0.717) is 33.8 Å². The molecule has 0 aliphatic carbocycles. The number of carbonyl (C=O) groups is 2. The molecule has 0 saturated carbocycles. The molecule has 1 atom stereocenters. The summed E-state index contributed by atoms with van der Waals surface area (Å²) in [5.41, 5.74) is 0.339. The summed E-state index contributed by atoms with van der Waals surface area (Å²) < 4.78 is 25.6. The molecule has 1 amide bonds. The summed E-state index contributed by atoms with van der Waals surface area (Å²) >= 11 is 2.55. The summed E-state index contributed by atoms with van der Waals surface area (Å²) in [5.74, 6) is -0.0265. The van der Waals surface area contributed by atoms with Crippen molar-refractivity contribution in [3.8, 4) is 5.75 Å². The predicted octanol–water partition coefficient (Wildman–Crippen LogP) is 4.88. The van der Waals surface area contributed by atoms with Crippen molar-refractivity contribution in [1.82, 2.24) is 14.8 Å². The van der Waals surface area contributed by atoms with Gasteiger partial charge in [0.25, 0.3) is 0 Å². The predicted molar refractivity (Wildman–Crippen MR) is 130 cm³/mol. The van der Waals surface area contributed by atoms with Crippen LogP contribution in [0.3, 0.4) is 0 Å². The zero-order chi connectivity index (χ0) is 24.7. The summed E-state index contributed by atoms with van der Waals surface area (Å²) in [7, 11) is 1.30. The van der Waals surface area contributed by atoms with Gasteiger partial charge in [-0.25, -0.2) is 9.18 Å². The Hall–Kier alpha value is -3.18. The fourth-order valence-electron chi connectivity index (χ4n) is 3.04. The van der Waals surface area contributed by atoms with Crippen molar-refractivity contribution in [3.63, 3.8) is 0 Å². The van der Waals surface area contributed by atoms with Crippen LogP contribution in [0.15, 0.2) is 48.1 Å². The van der Waals surface area contributed by atoms with Gasteiger partial charge in [0, 0.05) is 11.4 Å². The van der Waals surface area contributed by atoms with Gasteiger partial charge in [-0.1, -0.05) is 24.8 Å². The van der Waals surface area contributed by atoms with Crippen LogP contribution < -0.4 is 10.1 Å². The lowest BCUT2D eigenvalue weighted by Crippen LogP contribution is -2.16. The normalized spacial score (nSPS) is 11.6. The molecule has 3 rings (SSSR count). The second-order valence-corrected chi connectivity index (χ2v) is 9.17. The van der Waals surface area contributed by atoms with E-state index < -0.39 is 12.1 Å². The number of halogens is 1. The molecule has 0 aliphatic rings. The topological polar surface area (TPSA) is 95.3 Å². The summed E-state index contributed by atoms with van der Waals surface area (Å²) in [4.78, 5) is 25.6. The van der Waals surface area contributed by atoms with Gasteiger partial charge in [0.2, 0.25) is 5.91 Å². The van der Waals surface area contributed by atoms with Crippen molar-refractivity contribution >= 4 is 40.0 Å². The van der Waals surface area contributed by atoms with Crippen LogP contribution in [0.4, 0.5) is 9.39 Å². The van der Waals surface area contributed by atoms with Crippen molar-refractivity contribution in [3.05, 3.63) is 65.1 Å². The van der Waals surface area contributed by atoms with Crippen molar-refractivity contribution in [2.75, 3.05) is 18.2 Å². The second-order valence-electron chi connectivity index (χ2n) is 7.09. The highest BCUT2D eigenvalue weighted by Gasteiger charge is 2.21. The van der Waals surface area contributed by atoms with Gasteiger partial charge in [0.15, 0.2) is 17.1 Å². The number of thioether (sulfide) groups is 1. The Balaban J connectivity index is 1.69. The van der Waals surface area contributed by atoms with Gasteiger partial charge in [-0.15, -0.1) is 28.1 Å². The number of benzene rings is 1. The summed E-state index contributed by atoms with van der Waals surface area (Å²) in [5, 5.41) is 12.2. The average Bonchev–Trinajstić information content (AvgIpc) is 3.43. The number of thiophene rings is 1. The minimum atomic E-state index is -0.496. The summed E-state index contributed by atoms with van der Waals surface area (Å²) in [6.07, 6.45) is 1.97. The fourth-order valence-corrected chi connectivity index (χ4v) is 4.80. The molecule has 1 aromatic carbocycles. The van der Waals surface area contributed by atoms with Crippen LogP contribution in [0.5, 0.6) is 5.75 Å². The van der Waals surface area contributed by atoms with Gasteiger partial charge in [-0.2, -0.15) is 0 Å². The number of nitrogens with one attached hydrogen (secondary N) is 1. The number of rotatable bonds is 11. The second kappa shape index (κ2) is 11.8. The largest absolute Gasteiger partial charge is 0.483 e. The minimum absolute atomic E-state index is 0.0580.